The lowest BCUT2D eigenvalue weighted by molar-refractivity contribution is -0.137. The van der Waals surface area contributed by atoms with Gasteiger partial charge in [0.15, 0.2) is 0 Å². The van der Waals surface area contributed by atoms with Gasteiger partial charge in [-0.15, -0.1) is 0 Å². The van der Waals surface area contributed by atoms with E-state index in [1.54, 1.807) is 6.07 Å². The number of rotatable bonds is 4. The van der Waals surface area contributed by atoms with Crippen molar-refractivity contribution in [3.63, 3.8) is 0 Å². The molecule has 0 aliphatic heterocycles. The van der Waals surface area contributed by atoms with Crippen molar-refractivity contribution in [1.82, 2.24) is 4.90 Å². The van der Waals surface area contributed by atoms with E-state index in [4.69, 9.17) is 5.11 Å². The Kier molecular flexibility index (Phi) is 4.09. The van der Waals surface area contributed by atoms with Gasteiger partial charge >= 0.3 is 12.0 Å². The number of aryl methyl sites for hydroxylation is 1. The summed E-state index contributed by atoms with van der Waals surface area (Å²) in [7, 11) is 0. The smallest absolute Gasteiger partial charge is 0.323 e. The molecule has 0 spiro atoms. The van der Waals surface area contributed by atoms with Crippen molar-refractivity contribution in [2.45, 2.75) is 25.8 Å². The highest BCUT2D eigenvalue weighted by Gasteiger charge is 2.34. The standard InChI is InChI=1S/C13H15BrN2O3/c1-8-3-2-4-10(12(8)14)15-13(19)16(7-11(17)18)9-5-6-9/h2-4,9H,5-7H2,1H3,(H,15,19)(H,17,18). The van der Waals surface area contributed by atoms with Crippen LogP contribution in [0.1, 0.15) is 18.4 Å². The highest BCUT2D eigenvalue weighted by atomic mass is 79.9. The fourth-order valence-electron chi connectivity index (χ4n) is 1.83. The highest BCUT2D eigenvalue weighted by molar-refractivity contribution is 9.10. The monoisotopic (exact) mass is 326 g/mol. The second-order valence-electron chi connectivity index (χ2n) is 4.62. The minimum absolute atomic E-state index is 0.0553. The molecule has 1 aromatic carbocycles. The lowest BCUT2D eigenvalue weighted by Gasteiger charge is -2.21. The van der Waals surface area contributed by atoms with Crippen molar-refractivity contribution >= 4 is 33.6 Å². The molecule has 2 amide bonds. The molecule has 0 unspecified atom stereocenters. The number of halogens is 1. The van der Waals surface area contributed by atoms with E-state index in [9.17, 15) is 9.59 Å². The van der Waals surface area contributed by atoms with Gasteiger partial charge in [0.1, 0.15) is 6.54 Å². The predicted molar refractivity (Wildman–Crippen MR) is 75.3 cm³/mol. The fourth-order valence-corrected chi connectivity index (χ4v) is 2.19. The number of hydrogen-bond donors (Lipinski definition) is 2. The van der Waals surface area contributed by atoms with Crippen LogP contribution >= 0.6 is 15.9 Å². The maximum absolute atomic E-state index is 12.1. The third-order valence-corrected chi connectivity index (χ3v) is 4.04. The SMILES string of the molecule is Cc1cccc(NC(=O)N(CC(=O)O)C2CC2)c1Br. The summed E-state index contributed by atoms with van der Waals surface area (Å²) in [5.41, 5.74) is 1.66. The van der Waals surface area contributed by atoms with E-state index in [1.807, 2.05) is 19.1 Å². The van der Waals surface area contributed by atoms with Crippen molar-refractivity contribution in [2.75, 3.05) is 11.9 Å². The number of urea groups is 1. The molecule has 2 N–H and O–H groups in total. The minimum Gasteiger partial charge on any atom is -0.480 e. The number of carboxylic acids is 1. The first-order chi connectivity index (χ1) is 8.99. The van der Waals surface area contributed by atoms with Crippen LogP contribution in [0.5, 0.6) is 0 Å². The molecule has 19 heavy (non-hydrogen) atoms. The number of benzene rings is 1. The molecule has 0 bridgehead atoms. The van der Waals surface area contributed by atoms with E-state index in [1.165, 1.54) is 4.90 Å². The van der Waals surface area contributed by atoms with E-state index in [0.29, 0.717) is 5.69 Å². The van der Waals surface area contributed by atoms with Gasteiger partial charge in [-0.05, 0) is 47.3 Å². The van der Waals surface area contributed by atoms with Gasteiger partial charge in [0, 0.05) is 10.5 Å². The van der Waals surface area contributed by atoms with E-state index in [-0.39, 0.29) is 18.6 Å². The van der Waals surface area contributed by atoms with Crippen molar-refractivity contribution in [1.29, 1.82) is 0 Å². The van der Waals surface area contributed by atoms with Crippen molar-refractivity contribution in [3.8, 4) is 0 Å². The molecule has 1 aliphatic carbocycles. The van der Waals surface area contributed by atoms with Gasteiger partial charge < -0.3 is 15.3 Å². The third kappa shape index (κ3) is 3.47. The van der Waals surface area contributed by atoms with E-state index < -0.39 is 5.97 Å². The first-order valence-electron chi connectivity index (χ1n) is 6.03. The number of carbonyl (C=O) groups excluding carboxylic acids is 1. The summed E-state index contributed by atoms with van der Waals surface area (Å²) < 4.78 is 0.814. The Morgan fingerprint density at radius 3 is 2.74 bits per heavy atom. The number of carbonyl (C=O) groups is 2. The van der Waals surface area contributed by atoms with Crippen LogP contribution in [0.3, 0.4) is 0 Å². The highest BCUT2D eigenvalue weighted by Crippen LogP contribution is 2.29. The van der Waals surface area contributed by atoms with E-state index >= 15 is 0 Å². The molecular formula is C13H15BrN2O3. The van der Waals surface area contributed by atoms with Gasteiger partial charge in [0.25, 0.3) is 0 Å². The minimum atomic E-state index is -0.995. The van der Waals surface area contributed by atoms with Gasteiger partial charge in [-0.3, -0.25) is 4.79 Å². The van der Waals surface area contributed by atoms with Gasteiger partial charge in [0.2, 0.25) is 0 Å². The molecular weight excluding hydrogens is 312 g/mol. The lowest BCUT2D eigenvalue weighted by atomic mass is 10.2. The third-order valence-electron chi connectivity index (χ3n) is 2.99. The van der Waals surface area contributed by atoms with Crippen LogP contribution in [0.2, 0.25) is 0 Å². The second kappa shape index (κ2) is 5.61. The number of anilines is 1. The largest absolute Gasteiger partial charge is 0.480 e. The quantitative estimate of drug-likeness (QED) is 0.893. The summed E-state index contributed by atoms with van der Waals surface area (Å²) in [6, 6.07) is 5.24. The number of carboxylic acid groups (broad SMARTS) is 1. The van der Waals surface area contributed by atoms with E-state index in [0.717, 1.165) is 22.9 Å². The Bertz CT molecular complexity index is 515. The molecule has 102 valence electrons. The maximum Gasteiger partial charge on any atom is 0.323 e. The van der Waals surface area contributed by atoms with Crippen LogP contribution in [-0.2, 0) is 4.79 Å². The normalized spacial score (nSPS) is 14.0. The summed E-state index contributed by atoms with van der Waals surface area (Å²) in [5.74, 6) is -0.995. The first kappa shape index (κ1) is 13.9. The Morgan fingerprint density at radius 2 is 2.16 bits per heavy atom. The summed E-state index contributed by atoms with van der Waals surface area (Å²) in [6.07, 6.45) is 1.74. The van der Waals surface area contributed by atoms with Gasteiger partial charge in [-0.25, -0.2) is 4.79 Å². The number of nitrogens with zero attached hydrogens (tertiary/aromatic N) is 1. The number of amides is 2. The fraction of sp³-hybridized carbons (Fsp3) is 0.385. The van der Waals surface area contributed by atoms with Gasteiger partial charge in [-0.1, -0.05) is 12.1 Å². The molecule has 1 saturated carbocycles. The average molecular weight is 327 g/mol. The molecule has 1 fully saturated rings. The summed E-state index contributed by atoms with van der Waals surface area (Å²) >= 11 is 3.41. The van der Waals surface area contributed by atoms with Crippen LogP contribution < -0.4 is 5.32 Å². The molecule has 0 radical (unpaired) electrons. The van der Waals surface area contributed by atoms with Crippen molar-refractivity contribution in [3.05, 3.63) is 28.2 Å². The zero-order valence-corrected chi connectivity index (χ0v) is 12.1. The number of hydrogen-bond acceptors (Lipinski definition) is 2. The number of nitrogens with one attached hydrogen (secondary N) is 1. The molecule has 0 aromatic heterocycles. The van der Waals surface area contributed by atoms with Crippen molar-refractivity contribution < 1.29 is 14.7 Å². The molecule has 0 heterocycles. The molecule has 0 atom stereocenters. The molecule has 6 heteroatoms. The maximum atomic E-state index is 12.1. The Morgan fingerprint density at radius 1 is 1.47 bits per heavy atom. The zero-order chi connectivity index (χ0) is 14.0. The molecule has 2 rings (SSSR count). The molecule has 0 saturated heterocycles. The lowest BCUT2D eigenvalue weighted by Crippen LogP contribution is -2.40. The Hall–Kier alpha value is -1.56. The van der Waals surface area contributed by atoms with E-state index in [2.05, 4.69) is 21.2 Å². The van der Waals surface area contributed by atoms with Crippen LogP contribution in [0, 0.1) is 6.92 Å². The molecule has 1 aromatic rings. The van der Waals surface area contributed by atoms with Crippen LogP contribution in [-0.4, -0.2) is 34.6 Å². The number of aliphatic carboxylic acids is 1. The zero-order valence-electron chi connectivity index (χ0n) is 10.5. The second-order valence-corrected chi connectivity index (χ2v) is 5.41. The molecule has 1 aliphatic rings. The topological polar surface area (TPSA) is 69.6 Å². The summed E-state index contributed by atoms with van der Waals surface area (Å²) in [5, 5.41) is 11.6. The summed E-state index contributed by atoms with van der Waals surface area (Å²) in [4.78, 5) is 24.3. The predicted octanol–water partition coefficient (Wildman–Crippen LogP) is 2.84. The van der Waals surface area contributed by atoms with Crippen LogP contribution in [0.4, 0.5) is 10.5 Å². The molecule has 5 nitrogen and oxygen atoms in total. The first-order valence-corrected chi connectivity index (χ1v) is 6.83. The average Bonchev–Trinajstić information content (AvgIpc) is 3.16. The summed E-state index contributed by atoms with van der Waals surface area (Å²) in [6.45, 7) is 1.66. The van der Waals surface area contributed by atoms with Gasteiger partial charge in [0.05, 0.1) is 5.69 Å². The van der Waals surface area contributed by atoms with Gasteiger partial charge in [-0.2, -0.15) is 0 Å². The van der Waals surface area contributed by atoms with Crippen molar-refractivity contribution in [2.24, 2.45) is 0 Å². The Balaban J connectivity index is 2.10. The van der Waals surface area contributed by atoms with Crippen LogP contribution in [0.15, 0.2) is 22.7 Å². The Labute approximate surface area is 119 Å². The van der Waals surface area contributed by atoms with Crippen LogP contribution in [0.25, 0.3) is 0 Å².